The first kappa shape index (κ1) is 15.6. The van der Waals surface area contributed by atoms with E-state index in [1.54, 1.807) is 41.6 Å². The number of carbonyl (C=O) groups excluding carboxylic acids is 1. The van der Waals surface area contributed by atoms with Crippen LogP contribution in [0.5, 0.6) is 5.75 Å². The first-order chi connectivity index (χ1) is 10.0. The van der Waals surface area contributed by atoms with Crippen LogP contribution < -0.4 is 10.5 Å². The van der Waals surface area contributed by atoms with Crippen LogP contribution in [0, 0.1) is 0 Å². The molecule has 2 aromatic rings. The Morgan fingerprint density at radius 3 is 2.76 bits per heavy atom. The number of carbonyl (C=O) groups is 1. The number of aromatic nitrogens is 1. The molecule has 7 heteroatoms. The lowest BCUT2D eigenvalue weighted by Crippen LogP contribution is -2.32. The Hall–Kier alpha value is -1.79. The van der Waals surface area contributed by atoms with Gasteiger partial charge in [0.1, 0.15) is 12.4 Å². The Bertz CT molecular complexity index is 601. The van der Waals surface area contributed by atoms with E-state index in [1.807, 2.05) is 0 Å². The summed E-state index contributed by atoms with van der Waals surface area (Å²) < 4.78 is 5.55. The van der Waals surface area contributed by atoms with Crippen LogP contribution in [-0.2, 0) is 11.2 Å². The number of halogens is 1. The summed E-state index contributed by atoms with van der Waals surface area (Å²) >= 11 is 7.13. The van der Waals surface area contributed by atoms with E-state index in [2.05, 4.69) is 4.98 Å². The van der Waals surface area contributed by atoms with Gasteiger partial charge >= 0.3 is 0 Å². The molecule has 0 spiro atoms. The SMILES string of the molecule is CN(CCOc1ccc(Cl)cc1)C(=O)Cc1csc(N)n1. The minimum atomic E-state index is -0.0139. The van der Waals surface area contributed by atoms with Crippen molar-refractivity contribution in [1.29, 1.82) is 0 Å². The second kappa shape index (κ2) is 7.28. The molecule has 0 bridgehead atoms. The zero-order valence-corrected chi connectivity index (χ0v) is 13.2. The lowest BCUT2D eigenvalue weighted by atomic mass is 10.3. The molecule has 0 aliphatic heterocycles. The van der Waals surface area contributed by atoms with Gasteiger partial charge in [-0.2, -0.15) is 0 Å². The average Bonchev–Trinajstić information content (AvgIpc) is 2.86. The normalized spacial score (nSPS) is 10.4. The molecule has 0 fully saturated rings. The number of amides is 1. The van der Waals surface area contributed by atoms with E-state index in [4.69, 9.17) is 22.1 Å². The number of rotatable bonds is 6. The van der Waals surface area contributed by atoms with Crippen molar-refractivity contribution in [3.8, 4) is 5.75 Å². The predicted octanol–water partition coefficient (Wildman–Crippen LogP) is 2.46. The third kappa shape index (κ3) is 4.91. The topological polar surface area (TPSA) is 68.5 Å². The maximum Gasteiger partial charge on any atom is 0.228 e. The van der Waals surface area contributed by atoms with Crippen molar-refractivity contribution in [3.05, 3.63) is 40.4 Å². The highest BCUT2D eigenvalue weighted by Gasteiger charge is 2.11. The Morgan fingerprint density at radius 1 is 1.43 bits per heavy atom. The van der Waals surface area contributed by atoms with Crippen LogP contribution in [0.25, 0.3) is 0 Å². The molecule has 2 rings (SSSR count). The maximum absolute atomic E-state index is 12.0. The lowest BCUT2D eigenvalue weighted by molar-refractivity contribution is -0.129. The second-order valence-corrected chi connectivity index (χ2v) is 5.80. The molecule has 0 radical (unpaired) electrons. The van der Waals surface area contributed by atoms with Crippen molar-refractivity contribution >= 4 is 34.0 Å². The third-order valence-electron chi connectivity index (χ3n) is 2.84. The van der Waals surface area contributed by atoms with Gasteiger partial charge < -0.3 is 15.4 Å². The summed E-state index contributed by atoms with van der Waals surface area (Å²) in [5.74, 6) is 0.715. The molecule has 21 heavy (non-hydrogen) atoms. The van der Waals surface area contributed by atoms with Crippen LogP contribution in [0.2, 0.25) is 5.02 Å². The molecule has 112 valence electrons. The van der Waals surface area contributed by atoms with Crippen LogP contribution >= 0.6 is 22.9 Å². The van der Waals surface area contributed by atoms with Crippen molar-refractivity contribution < 1.29 is 9.53 Å². The highest BCUT2D eigenvalue weighted by molar-refractivity contribution is 7.13. The van der Waals surface area contributed by atoms with Crippen LogP contribution in [0.1, 0.15) is 5.69 Å². The zero-order chi connectivity index (χ0) is 15.2. The van der Waals surface area contributed by atoms with Gasteiger partial charge in [-0.15, -0.1) is 11.3 Å². The Balaban J connectivity index is 1.74. The summed E-state index contributed by atoms with van der Waals surface area (Å²) in [6, 6.07) is 7.11. The number of anilines is 1. The molecular weight excluding hydrogens is 310 g/mol. The zero-order valence-electron chi connectivity index (χ0n) is 11.6. The number of thiazole rings is 1. The summed E-state index contributed by atoms with van der Waals surface area (Å²) in [7, 11) is 1.74. The van der Waals surface area contributed by atoms with Crippen molar-refractivity contribution in [1.82, 2.24) is 9.88 Å². The van der Waals surface area contributed by atoms with Crippen molar-refractivity contribution in [2.24, 2.45) is 0 Å². The predicted molar refractivity (Wildman–Crippen MR) is 84.8 cm³/mol. The fourth-order valence-electron chi connectivity index (χ4n) is 1.65. The molecule has 0 aliphatic rings. The molecule has 1 aromatic carbocycles. The minimum Gasteiger partial charge on any atom is -0.492 e. The van der Waals surface area contributed by atoms with E-state index in [9.17, 15) is 4.79 Å². The van der Waals surface area contributed by atoms with Gasteiger partial charge in [0.15, 0.2) is 5.13 Å². The first-order valence-electron chi connectivity index (χ1n) is 6.37. The van der Waals surface area contributed by atoms with Gasteiger partial charge in [-0.3, -0.25) is 4.79 Å². The number of ether oxygens (including phenoxy) is 1. The number of nitrogens with zero attached hydrogens (tertiary/aromatic N) is 2. The van der Waals surface area contributed by atoms with Gasteiger partial charge in [0.25, 0.3) is 0 Å². The van der Waals surface area contributed by atoms with Crippen LogP contribution in [0.4, 0.5) is 5.13 Å². The highest BCUT2D eigenvalue weighted by Crippen LogP contribution is 2.15. The van der Waals surface area contributed by atoms with Gasteiger partial charge in [0.2, 0.25) is 5.91 Å². The molecule has 2 N–H and O–H groups in total. The molecule has 0 aliphatic carbocycles. The van der Waals surface area contributed by atoms with E-state index in [-0.39, 0.29) is 12.3 Å². The van der Waals surface area contributed by atoms with Crippen molar-refractivity contribution in [2.45, 2.75) is 6.42 Å². The van der Waals surface area contributed by atoms with Crippen LogP contribution in [-0.4, -0.2) is 36.0 Å². The number of hydrogen-bond acceptors (Lipinski definition) is 5. The molecule has 0 saturated carbocycles. The Morgan fingerprint density at radius 2 is 2.14 bits per heavy atom. The molecule has 5 nitrogen and oxygen atoms in total. The fraction of sp³-hybridized carbons (Fsp3) is 0.286. The lowest BCUT2D eigenvalue weighted by Gasteiger charge is -2.17. The summed E-state index contributed by atoms with van der Waals surface area (Å²) in [6.07, 6.45) is 0.255. The first-order valence-corrected chi connectivity index (χ1v) is 7.62. The van der Waals surface area contributed by atoms with Crippen molar-refractivity contribution in [2.75, 3.05) is 25.9 Å². The summed E-state index contributed by atoms with van der Waals surface area (Å²) in [5, 5.41) is 2.94. The molecule has 1 amide bonds. The van der Waals surface area contributed by atoms with E-state index >= 15 is 0 Å². The average molecular weight is 326 g/mol. The minimum absolute atomic E-state index is 0.0139. The van der Waals surface area contributed by atoms with Gasteiger partial charge in [-0.1, -0.05) is 11.6 Å². The molecule has 0 unspecified atom stereocenters. The van der Waals surface area contributed by atoms with E-state index < -0.39 is 0 Å². The van der Waals surface area contributed by atoms with Gasteiger partial charge in [-0.05, 0) is 24.3 Å². The van der Waals surface area contributed by atoms with Crippen molar-refractivity contribution in [3.63, 3.8) is 0 Å². The molecule has 0 atom stereocenters. The quantitative estimate of drug-likeness (QED) is 0.885. The second-order valence-electron chi connectivity index (χ2n) is 4.47. The maximum atomic E-state index is 12.0. The van der Waals surface area contributed by atoms with Crippen LogP contribution in [0.3, 0.4) is 0 Å². The number of nitrogen functional groups attached to an aromatic ring is 1. The number of benzene rings is 1. The Kier molecular flexibility index (Phi) is 5.41. The molecule has 1 aromatic heterocycles. The third-order valence-corrected chi connectivity index (χ3v) is 3.81. The van der Waals surface area contributed by atoms with Gasteiger partial charge in [0, 0.05) is 17.5 Å². The standard InChI is InChI=1S/C14H16ClN3O2S/c1-18(13(19)8-11-9-21-14(16)17-11)6-7-20-12-4-2-10(15)3-5-12/h2-5,9H,6-8H2,1H3,(H2,16,17). The largest absolute Gasteiger partial charge is 0.492 e. The molecule has 0 saturated heterocycles. The van der Waals surface area contributed by atoms with Gasteiger partial charge in [-0.25, -0.2) is 4.98 Å². The number of hydrogen-bond donors (Lipinski definition) is 1. The highest BCUT2D eigenvalue weighted by atomic mass is 35.5. The monoisotopic (exact) mass is 325 g/mol. The summed E-state index contributed by atoms with van der Waals surface area (Å²) in [4.78, 5) is 17.7. The van der Waals surface area contributed by atoms with Gasteiger partial charge in [0.05, 0.1) is 18.7 Å². The molecular formula is C14H16ClN3O2S. The van der Waals surface area contributed by atoms with E-state index in [0.717, 1.165) is 5.75 Å². The van der Waals surface area contributed by atoms with E-state index in [0.29, 0.717) is 29.0 Å². The Labute approximate surface area is 132 Å². The fourth-order valence-corrected chi connectivity index (χ4v) is 2.34. The van der Waals surface area contributed by atoms with Crippen LogP contribution in [0.15, 0.2) is 29.6 Å². The molecule has 1 heterocycles. The number of nitrogens with two attached hydrogens (primary N) is 1. The number of likely N-dealkylation sites (N-methyl/N-ethyl adjacent to an activating group) is 1. The summed E-state index contributed by atoms with van der Waals surface area (Å²) in [5.41, 5.74) is 6.24. The smallest absolute Gasteiger partial charge is 0.228 e. The summed E-state index contributed by atoms with van der Waals surface area (Å²) in [6.45, 7) is 0.921. The van der Waals surface area contributed by atoms with E-state index in [1.165, 1.54) is 11.3 Å².